The van der Waals surface area contributed by atoms with Gasteiger partial charge in [-0.05, 0) is 36.8 Å². The number of hydrogen-bond acceptors (Lipinski definition) is 4. The largest absolute Gasteiger partial charge is 0.492 e. The van der Waals surface area contributed by atoms with Gasteiger partial charge in [-0.25, -0.2) is 0 Å². The number of benzene rings is 2. The van der Waals surface area contributed by atoms with Gasteiger partial charge in [0.25, 0.3) is 0 Å². The van der Waals surface area contributed by atoms with Crippen molar-refractivity contribution in [3.05, 3.63) is 59.1 Å². The minimum atomic E-state index is -0.00620. The number of para-hydroxylation sites is 2. The number of hydrogen-bond donors (Lipinski definition) is 1. The molecule has 0 aliphatic carbocycles. The van der Waals surface area contributed by atoms with Gasteiger partial charge >= 0.3 is 0 Å². The van der Waals surface area contributed by atoms with Crippen LogP contribution in [-0.4, -0.2) is 55.0 Å². The van der Waals surface area contributed by atoms with E-state index < -0.39 is 0 Å². The summed E-state index contributed by atoms with van der Waals surface area (Å²) in [6.07, 6.45) is 0. The molecule has 0 radical (unpaired) electrons. The monoisotopic (exact) mass is 387 g/mol. The van der Waals surface area contributed by atoms with E-state index in [2.05, 4.69) is 27.2 Å². The van der Waals surface area contributed by atoms with E-state index in [0.29, 0.717) is 18.9 Å². The number of amides is 1. The molecule has 0 atom stereocenters. The molecule has 2 aromatic rings. The highest BCUT2D eigenvalue weighted by Gasteiger charge is 2.19. The van der Waals surface area contributed by atoms with E-state index in [1.54, 1.807) is 0 Å². The van der Waals surface area contributed by atoms with Gasteiger partial charge in [-0.1, -0.05) is 35.9 Å². The first-order chi connectivity index (χ1) is 13.1. The fourth-order valence-electron chi connectivity index (χ4n) is 3.20. The zero-order valence-corrected chi connectivity index (χ0v) is 16.4. The van der Waals surface area contributed by atoms with Crippen molar-refractivity contribution in [1.82, 2.24) is 9.80 Å². The molecule has 0 aromatic heterocycles. The van der Waals surface area contributed by atoms with Crippen LogP contribution in [0.25, 0.3) is 0 Å². The van der Waals surface area contributed by atoms with E-state index in [1.807, 2.05) is 43.3 Å². The van der Waals surface area contributed by atoms with Crippen molar-refractivity contribution in [1.29, 1.82) is 0 Å². The average molecular weight is 388 g/mol. The van der Waals surface area contributed by atoms with Crippen LogP contribution in [0.3, 0.4) is 0 Å². The molecule has 0 saturated carbocycles. The summed E-state index contributed by atoms with van der Waals surface area (Å²) in [5, 5.41) is 3.73. The third-order valence-corrected chi connectivity index (χ3v) is 4.86. The Morgan fingerprint density at radius 3 is 2.41 bits per heavy atom. The Bertz CT molecular complexity index is 743. The predicted octanol–water partition coefficient (Wildman–Crippen LogP) is 3.50. The van der Waals surface area contributed by atoms with E-state index in [0.717, 1.165) is 43.4 Å². The van der Waals surface area contributed by atoms with E-state index in [1.165, 1.54) is 5.56 Å². The summed E-state index contributed by atoms with van der Waals surface area (Å²) in [5.41, 5.74) is 1.99. The van der Waals surface area contributed by atoms with Crippen molar-refractivity contribution >= 4 is 23.2 Å². The molecule has 5 nitrogen and oxygen atoms in total. The molecule has 1 amide bonds. The van der Waals surface area contributed by atoms with Crippen molar-refractivity contribution in [3.63, 3.8) is 0 Å². The first kappa shape index (κ1) is 19.7. The fraction of sp³-hybridized carbons (Fsp3) is 0.381. The molecule has 3 rings (SSSR count). The lowest BCUT2D eigenvalue weighted by molar-refractivity contribution is -0.117. The number of anilines is 1. The number of halogens is 1. The highest BCUT2D eigenvalue weighted by molar-refractivity contribution is 6.30. The van der Waals surface area contributed by atoms with Gasteiger partial charge in [0.1, 0.15) is 5.75 Å². The normalized spacial score (nSPS) is 15.5. The van der Waals surface area contributed by atoms with Crippen molar-refractivity contribution < 1.29 is 9.53 Å². The summed E-state index contributed by atoms with van der Waals surface area (Å²) in [6.45, 7) is 7.48. The van der Waals surface area contributed by atoms with Crippen LogP contribution < -0.4 is 10.1 Å². The van der Waals surface area contributed by atoms with Gasteiger partial charge in [0.2, 0.25) is 5.91 Å². The lowest BCUT2D eigenvalue weighted by Crippen LogP contribution is -2.48. The maximum absolute atomic E-state index is 12.4. The quantitative estimate of drug-likeness (QED) is 0.789. The molecule has 1 aliphatic rings. The number of carbonyl (C=O) groups is 1. The first-order valence-corrected chi connectivity index (χ1v) is 9.72. The van der Waals surface area contributed by atoms with Gasteiger partial charge in [-0.2, -0.15) is 0 Å². The van der Waals surface area contributed by atoms with Crippen LogP contribution in [0.5, 0.6) is 5.75 Å². The van der Waals surface area contributed by atoms with Crippen LogP contribution in [0.1, 0.15) is 12.5 Å². The van der Waals surface area contributed by atoms with Gasteiger partial charge in [0.05, 0.1) is 18.8 Å². The number of nitrogens with zero attached hydrogens (tertiary/aromatic N) is 2. The Labute approximate surface area is 165 Å². The van der Waals surface area contributed by atoms with Crippen LogP contribution in [0, 0.1) is 0 Å². The summed E-state index contributed by atoms with van der Waals surface area (Å²) >= 11 is 5.94. The van der Waals surface area contributed by atoms with Gasteiger partial charge in [0, 0.05) is 37.7 Å². The van der Waals surface area contributed by atoms with E-state index >= 15 is 0 Å². The minimum Gasteiger partial charge on any atom is -0.492 e. The molecule has 1 aliphatic heterocycles. The Morgan fingerprint density at radius 1 is 1.04 bits per heavy atom. The maximum atomic E-state index is 12.4. The van der Waals surface area contributed by atoms with Crippen molar-refractivity contribution in [2.24, 2.45) is 0 Å². The Kier molecular flexibility index (Phi) is 7.10. The number of rotatable bonds is 7. The van der Waals surface area contributed by atoms with E-state index in [9.17, 15) is 4.79 Å². The highest BCUT2D eigenvalue weighted by Crippen LogP contribution is 2.23. The molecular formula is C21H26ClN3O2. The second-order valence-electron chi connectivity index (χ2n) is 6.66. The molecule has 144 valence electrons. The molecule has 1 fully saturated rings. The Balaban J connectivity index is 1.45. The standard InChI is InChI=1S/C21H26ClN3O2/c1-2-27-20-6-4-3-5-19(20)23-21(26)16-25-13-11-24(12-14-25)15-17-7-9-18(22)10-8-17/h3-10H,2,11-16H2,1H3,(H,23,26). The third-order valence-electron chi connectivity index (χ3n) is 4.61. The van der Waals surface area contributed by atoms with Crippen molar-refractivity contribution in [2.45, 2.75) is 13.5 Å². The number of piperazine rings is 1. The Morgan fingerprint density at radius 2 is 1.70 bits per heavy atom. The second kappa shape index (κ2) is 9.74. The summed E-state index contributed by atoms with van der Waals surface area (Å²) in [5.74, 6) is 0.703. The molecule has 1 N–H and O–H groups in total. The topological polar surface area (TPSA) is 44.8 Å². The van der Waals surface area contributed by atoms with Gasteiger partial charge in [-0.15, -0.1) is 0 Å². The summed E-state index contributed by atoms with van der Waals surface area (Å²) < 4.78 is 5.56. The maximum Gasteiger partial charge on any atom is 0.238 e. The molecule has 6 heteroatoms. The van der Waals surface area contributed by atoms with Gasteiger partial charge < -0.3 is 10.1 Å². The lowest BCUT2D eigenvalue weighted by Gasteiger charge is -2.34. The molecule has 2 aromatic carbocycles. The first-order valence-electron chi connectivity index (χ1n) is 9.35. The summed E-state index contributed by atoms with van der Waals surface area (Å²) in [7, 11) is 0. The van der Waals surface area contributed by atoms with E-state index in [-0.39, 0.29) is 5.91 Å². The average Bonchev–Trinajstić information content (AvgIpc) is 2.67. The molecule has 1 saturated heterocycles. The highest BCUT2D eigenvalue weighted by atomic mass is 35.5. The van der Waals surface area contributed by atoms with Gasteiger partial charge in [0.15, 0.2) is 0 Å². The van der Waals surface area contributed by atoms with Crippen LogP contribution >= 0.6 is 11.6 Å². The zero-order valence-electron chi connectivity index (χ0n) is 15.7. The smallest absolute Gasteiger partial charge is 0.238 e. The molecular weight excluding hydrogens is 362 g/mol. The number of ether oxygens (including phenoxy) is 1. The van der Waals surface area contributed by atoms with E-state index in [4.69, 9.17) is 16.3 Å². The molecule has 1 heterocycles. The fourth-order valence-corrected chi connectivity index (χ4v) is 3.32. The van der Waals surface area contributed by atoms with Crippen molar-refractivity contribution in [3.8, 4) is 5.75 Å². The predicted molar refractivity (Wildman–Crippen MR) is 109 cm³/mol. The van der Waals surface area contributed by atoms with Crippen LogP contribution in [0.2, 0.25) is 5.02 Å². The number of nitrogens with one attached hydrogen (secondary N) is 1. The third kappa shape index (κ3) is 5.96. The second-order valence-corrected chi connectivity index (χ2v) is 7.09. The zero-order chi connectivity index (χ0) is 19.1. The molecule has 0 spiro atoms. The lowest BCUT2D eigenvalue weighted by atomic mass is 10.2. The molecule has 0 bridgehead atoms. The summed E-state index contributed by atoms with van der Waals surface area (Å²) in [4.78, 5) is 17.0. The molecule has 0 unspecified atom stereocenters. The minimum absolute atomic E-state index is 0.00620. The SMILES string of the molecule is CCOc1ccccc1NC(=O)CN1CCN(Cc2ccc(Cl)cc2)CC1. The summed E-state index contributed by atoms with van der Waals surface area (Å²) in [6, 6.07) is 15.5. The van der Waals surface area contributed by atoms with Crippen LogP contribution in [0.4, 0.5) is 5.69 Å². The molecule has 27 heavy (non-hydrogen) atoms. The van der Waals surface area contributed by atoms with Crippen LogP contribution in [-0.2, 0) is 11.3 Å². The number of carbonyl (C=O) groups excluding carboxylic acids is 1. The van der Waals surface area contributed by atoms with Crippen LogP contribution in [0.15, 0.2) is 48.5 Å². The van der Waals surface area contributed by atoms with Gasteiger partial charge in [-0.3, -0.25) is 14.6 Å². The Hall–Kier alpha value is -2.08. The van der Waals surface area contributed by atoms with Crippen molar-refractivity contribution in [2.75, 3.05) is 44.6 Å².